The van der Waals surface area contributed by atoms with Crippen molar-refractivity contribution in [3.05, 3.63) is 56.9 Å². The molecular formula is C24H20ClIN6O10S3. The van der Waals surface area contributed by atoms with Gasteiger partial charge >= 0.3 is 162 Å². The van der Waals surface area contributed by atoms with E-state index in [1.54, 1.807) is 6.92 Å². The van der Waals surface area contributed by atoms with Gasteiger partial charge in [-0.2, -0.15) is 16.8 Å². The summed E-state index contributed by atoms with van der Waals surface area (Å²) < 4.78 is 104. The number of hydrogen-bond acceptors (Lipinski definition) is 13. The van der Waals surface area contributed by atoms with Crippen LogP contribution in [0.5, 0.6) is 5.75 Å². The fraction of sp³-hybridized carbons (Fsp3) is 0.125. The van der Waals surface area contributed by atoms with Crippen LogP contribution in [0.15, 0.2) is 61.3 Å². The van der Waals surface area contributed by atoms with Gasteiger partial charge in [-0.05, 0) is 17.5 Å². The second kappa shape index (κ2) is 11.8. The Hall–Kier alpha value is -3.38. The fourth-order valence-corrected chi connectivity index (χ4v) is 9.91. The van der Waals surface area contributed by atoms with Gasteiger partial charge in [0.2, 0.25) is 0 Å². The minimum absolute atomic E-state index is 0.0337. The molecule has 1 fully saturated rings. The van der Waals surface area contributed by atoms with Crippen molar-refractivity contribution in [1.29, 1.82) is 0 Å². The first-order valence-corrected chi connectivity index (χ1v) is 20.9. The first-order chi connectivity index (χ1) is 20.8. The van der Waals surface area contributed by atoms with Gasteiger partial charge in [-0.25, -0.2) is 0 Å². The molecule has 0 aliphatic carbocycles. The number of nitrogens with two attached hydrogens (primary N) is 1. The van der Waals surface area contributed by atoms with Crippen LogP contribution in [-0.4, -0.2) is 67.8 Å². The summed E-state index contributed by atoms with van der Waals surface area (Å²) in [7, 11) is -14.9. The third kappa shape index (κ3) is 7.22. The molecule has 21 heteroatoms. The molecule has 0 bridgehead atoms. The Morgan fingerprint density at radius 3 is 2.18 bits per heavy atom. The molecular weight excluding hydrogens is 791 g/mol. The van der Waals surface area contributed by atoms with Gasteiger partial charge in [-0.3, -0.25) is 9.11 Å². The zero-order valence-corrected chi connectivity index (χ0v) is 27.9. The molecule has 1 aliphatic heterocycles. The zero-order chi connectivity index (χ0) is 33.1. The summed E-state index contributed by atoms with van der Waals surface area (Å²) in [5.74, 6) is -0.538. The number of anilines is 1. The second-order valence-corrected chi connectivity index (χ2v) is 19.7. The predicted octanol–water partition coefficient (Wildman–Crippen LogP) is 4.37. The Balaban J connectivity index is 1.64. The van der Waals surface area contributed by atoms with Crippen molar-refractivity contribution < 1.29 is 44.0 Å². The molecule has 45 heavy (non-hydrogen) atoms. The van der Waals surface area contributed by atoms with E-state index >= 15 is 0 Å². The molecule has 1 aromatic heterocycles. The van der Waals surface area contributed by atoms with E-state index in [1.165, 1.54) is 12.1 Å². The molecule has 0 unspecified atom stereocenters. The molecule has 1 saturated heterocycles. The van der Waals surface area contributed by atoms with Crippen LogP contribution >= 0.6 is 31.4 Å². The Morgan fingerprint density at radius 1 is 0.911 bits per heavy atom. The normalized spacial score (nSPS) is 15.2. The van der Waals surface area contributed by atoms with Crippen molar-refractivity contribution in [3.8, 4) is 5.75 Å². The minimum atomic E-state index is -5.05. The van der Waals surface area contributed by atoms with Gasteiger partial charge in [-0.15, -0.1) is 0 Å². The maximum absolute atomic E-state index is 12.3. The van der Waals surface area contributed by atoms with Gasteiger partial charge in [0.1, 0.15) is 10.6 Å². The first-order valence-electron chi connectivity index (χ1n) is 12.1. The van der Waals surface area contributed by atoms with Crippen molar-refractivity contribution in [2.45, 2.75) is 21.6 Å². The SMILES string of the molecule is C/C(=C/c1ccc(N=Nc2c(N)c(S(=O)(=O)O)cc3cc(S(=O)(=O)O)cc(O)c23)c(S(=O)(=O)O)c1)c1nc(Cl)nc(I2CC2)n1. The van der Waals surface area contributed by atoms with Crippen LogP contribution in [0.2, 0.25) is 5.28 Å². The van der Waals surface area contributed by atoms with Gasteiger partial charge in [0, 0.05) is 6.07 Å². The van der Waals surface area contributed by atoms with E-state index in [4.69, 9.17) is 17.3 Å². The van der Waals surface area contributed by atoms with Gasteiger partial charge in [0.15, 0.2) is 0 Å². The molecule has 2 heterocycles. The van der Waals surface area contributed by atoms with Crippen molar-refractivity contribution in [2.75, 3.05) is 14.6 Å². The number of nitrogen functional groups attached to an aromatic ring is 1. The van der Waals surface area contributed by atoms with E-state index in [9.17, 15) is 44.0 Å². The van der Waals surface area contributed by atoms with E-state index in [-0.39, 0.29) is 21.6 Å². The third-order valence-corrected chi connectivity index (χ3v) is 13.0. The van der Waals surface area contributed by atoms with Crippen LogP contribution in [0.1, 0.15) is 18.3 Å². The van der Waals surface area contributed by atoms with Crippen LogP contribution in [-0.2, 0) is 30.4 Å². The molecule has 6 N–H and O–H groups in total. The molecule has 0 amide bonds. The van der Waals surface area contributed by atoms with Gasteiger partial charge in [0.05, 0.1) is 16.0 Å². The molecule has 0 spiro atoms. The van der Waals surface area contributed by atoms with Crippen LogP contribution in [0.4, 0.5) is 17.1 Å². The Labute approximate surface area is 267 Å². The molecule has 5 rings (SSSR count). The molecule has 4 aromatic rings. The van der Waals surface area contributed by atoms with Gasteiger partial charge in [-0.1, -0.05) is 0 Å². The Kier molecular flexibility index (Phi) is 8.63. The third-order valence-electron chi connectivity index (χ3n) is 6.19. The summed E-state index contributed by atoms with van der Waals surface area (Å²) in [5, 5.41) is 17.5. The number of allylic oxidation sites excluding steroid dienone is 1. The topological polar surface area (TPSA) is 273 Å². The number of fused-ring (bicyclic) bond motifs is 1. The zero-order valence-electron chi connectivity index (χ0n) is 22.5. The van der Waals surface area contributed by atoms with Crippen LogP contribution < -0.4 is 5.73 Å². The average Bonchev–Trinajstić information content (AvgIpc) is 3.76. The number of halogens is 2. The number of benzene rings is 3. The van der Waals surface area contributed by atoms with E-state index < -0.39 is 87.7 Å². The summed E-state index contributed by atoms with van der Waals surface area (Å²) in [4.78, 5) is 10.3. The number of alkyl halides is 2. The molecule has 1 aliphatic rings. The summed E-state index contributed by atoms with van der Waals surface area (Å²) >= 11 is 4.70. The maximum atomic E-state index is 12.3. The van der Waals surface area contributed by atoms with Crippen LogP contribution in [0, 0.1) is 3.83 Å². The Bertz CT molecular complexity index is 2310. The van der Waals surface area contributed by atoms with E-state index in [2.05, 4.69) is 25.2 Å². The van der Waals surface area contributed by atoms with Crippen molar-refractivity contribution >= 4 is 101 Å². The summed E-state index contributed by atoms with van der Waals surface area (Å²) in [6.45, 7) is 1.67. The van der Waals surface area contributed by atoms with Crippen LogP contribution in [0.3, 0.4) is 0 Å². The Morgan fingerprint density at radius 2 is 1.58 bits per heavy atom. The number of nitrogens with zero attached hydrogens (tertiary/aromatic N) is 5. The van der Waals surface area contributed by atoms with Gasteiger partial charge < -0.3 is 10.8 Å². The quantitative estimate of drug-likeness (QED) is 0.0544. The van der Waals surface area contributed by atoms with Crippen molar-refractivity contribution in [2.24, 2.45) is 10.2 Å². The fourth-order valence-electron chi connectivity index (χ4n) is 4.08. The second-order valence-electron chi connectivity index (χ2n) is 9.39. The molecule has 0 saturated carbocycles. The predicted molar refractivity (Wildman–Crippen MR) is 171 cm³/mol. The molecule has 3 aromatic carbocycles. The number of aromatic nitrogens is 3. The molecule has 0 radical (unpaired) electrons. The first kappa shape index (κ1) is 33.0. The van der Waals surface area contributed by atoms with Crippen molar-refractivity contribution in [1.82, 2.24) is 15.0 Å². The summed E-state index contributed by atoms with van der Waals surface area (Å²) in [6, 6.07) is 5.79. The molecule has 0 atom stereocenters. The number of rotatable bonds is 8. The standard InChI is InChI=1S/C24H20ClIN6O10S3/c1-11(22-28-23(25)30-24(29-22)26-4-5-26)6-12-2-3-15(17(7-12)44(37,38)39)31-32-21-19-13(9-18(20(21)27)45(40,41)42)8-14(10-16(19)33)43(34,35)36/h2-3,6-10,33H,4-5,27H2,1H3,(H,34,35,36)(H,37,38,39)(H,40,41,42)/b11-6-,32-31?. The number of phenolic OH excluding ortho intramolecular Hbond substituents is 1. The number of azo groups is 1. The summed E-state index contributed by atoms with van der Waals surface area (Å²) in [5.41, 5.74) is 4.91. The monoisotopic (exact) mass is 810 g/mol. The number of aromatic hydroxyl groups is 1. The number of phenols is 1. The number of hydrogen-bond donors (Lipinski definition) is 5. The average molecular weight is 811 g/mol. The molecule has 16 nitrogen and oxygen atoms in total. The van der Waals surface area contributed by atoms with E-state index in [0.29, 0.717) is 21.3 Å². The van der Waals surface area contributed by atoms with Gasteiger partial charge in [0.25, 0.3) is 20.2 Å². The van der Waals surface area contributed by atoms with E-state index in [0.717, 1.165) is 33.1 Å². The van der Waals surface area contributed by atoms with Crippen molar-refractivity contribution in [3.63, 3.8) is 0 Å². The van der Waals surface area contributed by atoms with E-state index in [1.807, 2.05) is 0 Å². The van der Waals surface area contributed by atoms with Crippen LogP contribution in [0.25, 0.3) is 22.4 Å². The molecule has 238 valence electrons. The summed E-state index contributed by atoms with van der Waals surface area (Å²) in [6.07, 6.45) is 1.54.